The summed E-state index contributed by atoms with van der Waals surface area (Å²) in [4.78, 5) is 65.2. The maximum absolute atomic E-state index is 13.3. The van der Waals surface area contributed by atoms with Gasteiger partial charge in [-0.05, 0) is 100 Å². The Kier molecular flexibility index (Phi) is 11.1. The first-order valence-corrected chi connectivity index (χ1v) is 21.6. The van der Waals surface area contributed by atoms with Gasteiger partial charge in [0.1, 0.15) is 16.8 Å². The summed E-state index contributed by atoms with van der Waals surface area (Å²) in [5, 5.41) is 8.17. The average Bonchev–Trinajstić information content (AvgIpc) is 3.45. The van der Waals surface area contributed by atoms with Crippen LogP contribution < -0.4 is 25.6 Å². The van der Waals surface area contributed by atoms with E-state index < -0.39 is 44.8 Å². The number of nitrogens with zero attached hydrogens (tertiary/aromatic N) is 5. The Balaban J connectivity index is 0.843. The van der Waals surface area contributed by atoms with Gasteiger partial charge in [-0.15, -0.1) is 0 Å². The van der Waals surface area contributed by atoms with Crippen LogP contribution in [0, 0.1) is 5.92 Å². The predicted octanol–water partition coefficient (Wildman–Crippen LogP) is 5.52. The topological polar surface area (TPSA) is 183 Å². The van der Waals surface area contributed by atoms with Crippen molar-refractivity contribution in [3.63, 3.8) is 0 Å². The molecule has 308 valence electrons. The molecule has 0 saturated carbocycles. The van der Waals surface area contributed by atoms with Crippen molar-refractivity contribution in [1.29, 1.82) is 0 Å². The minimum absolute atomic E-state index is 0.0834. The highest BCUT2D eigenvalue weighted by Gasteiger charge is 2.45. The number of anilines is 5. The highest BCUT2D eigenvalue weighted by molar-refractivity contribution is 7.92. The van der Waals surface area contributed by atoms with Gasteiger partial charge in [0.25, 0.3) is 11.8 Å². The number of fused-ring (bicyclic) bond motifs is 1. The lowest BCUT2D eigenvalue weighted by atomic mass is 9.88. The van der Waals surface area contributed by atoms with E-state index >= 15 is 0 Å². The van der Waals surface area contributed by atoms with Gasteiger partial charge in [0, 0.05) is 37.7 Å². The molecular formula is C42H45ClN8O7S. The van der Waals surface area contributed by atoms with E-state index in [0.717, 1.165) is 56.2 Å². The number of aromatic nitrogens is 2. The van der Waals surface area contributed by atoms with E-state index in [9.17, 15) is 27.6 Å². The lowest BCUT2D eigenvalue weighted by Crippen LogP contribution is -2.54. The van der Waals surface area contributed by atoms with E-state index in [2.05, 4.69) is 41.8 Å². The Hall–Kier alpha value is -5.58. The zero-order chi connectivity index (χ0) is 41.6. The Morgan fingerprint density at radius 1 is 0.915 bits per heavy atom. The van der Waals surface area contributed by atoms with Gasteiger partial charge in [-0.1, -0.05) is 29.8 Å². The molecule has 1 unspecified atom stereocenters. The van der Waals surface area contributed by atoms with E-state index in [4.69, 9.17) is 16.3 Å². The van der Waals surface area contributed by atoms with Crippen LogP contribution in [0.3, 0.4) is 0 Å². The molecule has 15 nitrogen and oxygen atoms in total. The van der Waals surface area contributed by atoms with Crippen LogP contribution in [0.25, 0.3) is 0 Å². The summed E-state index contributed by atoms with van der Waals surface area (Å²) in [6.07, 6.45) is 3.66. The molecule has 3 N–H and O–H groups in total. The molecule has 3 saturated heterocycles. The largest absolute Gasteiger partial charge is 0.495 e. The van der Waals surface area contributed by atoms with E-state index in [1.54, 1.807) is 57.4 Å². The summed E-state index contributed by atoms with van der Waals surface area (Å²) in [6, 6.07) is 17.0. The number of hydrogen-bond donors (Lipinski definition) is 3. The second-order valence-electron chi connectivity index (χ2n) is 15.7. The molecular weight excluding hydrogens is 796 g/mol. The SMILES string of the molecule is COc1cc(C2CCN(CC3CN(c4ccc5c(c4)C(=O)N(C4CCC(=O)NC4=O)C5=O)C3)CC2)ccc1Nc1ncc(Cl)c(Nc2ccccc2S(=O)(=O)C(C)C)n1. The molecule has 8 rings (SSSR count). The van der Waals surface area contributed by atoms with Crippen molar-refractivity contribution < 1.29 is 32.3 Å². The highest BCUT2D eigenvalue weighted by Crippen LogP contribution is 2.38. The molecule has 17 heteroatoms. The van der Waals surface area contributed by atoms with Crippen LogP contribution in [0.1, 0.15) is 71.7 Å². The van der Waals surface area contributed by atoms with Crippen LogP contribution in [0.15, 0.2) is 71.8 Å². The molecule has 4 aliphatic rings. The molecule has 3 fully saturated rings. The van der Waals surface area contributed by atoms with Crippen LogP contribution in [0.2, 0.25) is 5.02 Å². The van der Waals surface area contributed by atoms with Gasteiger partial charge in [0.05, 0.1) is 46.0 Å². The average molecular weight is 841 g/mol. The zero-order valence-corrected chi connectivity index (χ0v) is 34.5. The summed E-state index contributed by atoms with van der Waals surface area (Å²) < 4.78 is 31.8. The van der Waals surface area contributed by atoms with Crippen LogP contribution in [-0.4, -0.2) is 103 Å². The minimum Gasteiger partial charge on any atom is -0.495 e. The number of amides is 4. The first-order chi connectivity index (χ1) is 28.3. The van der Waals surface area contributed by atoms with Gasteiger partial charge >= 0.3 is 0 Å². The third kappa shape index (κ3) is 7.96. The monoisotopic (exact) mass is 840 g/mol. The number of halogens is 1. The maximum atomic E-state index is 13.3. The van der Waals surface area contributed by atoms with Crippen LogP contribution >= 0.6 is 11.6 Å². The third-order valence-corrected chi connectivity index (χ3v) is 14.1. The van der Waals surface area contributed by atoms with E-state index in [-0.39, 0.29) is 40.1 Å². The van der Waals surface area contributed by atoms with E-state index in [1.807, 2.05) is 18.2 Å². The number of piperidine rings is 2. The molecule has 0 spiro atoms. The maximum Gasteiger partial charge on any atom is 0.262 e. The molecule has 0 bridgehead atoms. The van der Waals surface area contributed by atoms with Crippen LogP contribution in [0.5, 0.6) is 5.75 Å². The molecule has 4 amide bonds. The molecule has 1 aromatic heterocycles. The van der Waals surface area contributed by atoms with Gasteiger partial charge < -0.3 is 25.2 Å². The van der Waals surface area contributed by atoms with Crippen molar-refractivity contribution in [2.24, 2.45) is 5.92 Å². The third-order valence-electron chi connectivity index (χ3n) is 11.6. The zero-order valence-electron chi connectivity index (χ0n) is 32.9. The van der Waals surface area contributed by atoms with Crippen molar-refractivity contribution in [2.75, 3.05) is 55.4 Å². The Morgan fingerprint density at radius 2 is 1.66 bits per heavy atom. The number of carbonyl (C=O) groups is 4. The van der Waals surface area contributed by atoms with Gasteiger partial charge in [-0.2, -0.15) is 4.98 Å². The number of ether oxygens (including phenoxy) is 1. The lowest BCUT2D eigenvalue weighted by molar-refractivity contribution is -0.136. The number of sulfone groups is 1. The number of nitrogens with one attached hydrogen (secondary N) is 3. The van der Waals surface area contributed by atoms with Crippen molar-refractivity contribution in [3.05, 3.63) is 88.6 Å². The molecule has 5 heterocycles. The Morgan fingerprint density at radius 3 is 2.39 bits per heavy atom. The van der Waals surface area contributed by atoms with Crippen LogP contribution in [-0.2, 0) is 19.4 Å². The first-order valence-electron chi connectivity index (χ1n) is 19.7. The van der Waals surface area contributed by atoms with Crippen molar-refractivity contribution >= 4 is 73.9 Å². The van der Waals surface area contributed by atoms with Gasteiger partial charge in [-0.25, -0.2) is 13.4 Å². The number of para-hydroxylation sites is 1. The summed E-state index contributed by atoms with van der Waals surface area (Å²) in [7, 11) is -1.95. The standard InChI is InChI=1S/C42H45ClN8O7S/c1-24(2)59(56,57)36-7-5-4-6-33(36)45-38-31(43)20-44-42(48-38)46-32-11-8-27(18-35(32)58-3)26-14-16-49(17-15-26)21-25-22-50(23-25)28-9-10-29-30(19-28)41(55)51(40(29)54)34-12-13-37(52)47-39(34)53/h4-11,18-20,24-26,34H,12-17,21-23H2,1-3H3,(H,47,52,53)(H2,44,45,46,48). The fraction of sp³-hybridized carbons (Fsp3) is 0.381. The molecule has 1 atom stereocenters. The molecule has 3 aromatic carbocycles. The fourth-order valence-electron chi connectivity index (χ4n) is 8.27. The smallest absolute Gasteiger partial charge is 0.262 e. The number of benzene rings is 3. The van der Waals surface area contributed by atoms with E-state index in [0.29, 0.717) is 34.5 Å². The Labute approximate surface area is 347 Å². The van der Waals surface area contributed by atoms with Crippen molar-refractivity contribution in [2.45, 2.75) is 61.6 Å². The summed E-state index contributed by atoms with van der Waals surface area (Å²) in [5.41, 5.74) is 3.67. The van der Waals surface area contributed by atoms with Crippen molar-refractivity contribution in [1.82, 2.24) is 25.1 Å². The second kappa shape index (κ2) is 16.2. The van der Waals surface area contributed by atoms with Crippen molar-refractivity contribution in [3.8, 4) is 5.75 Å². The number of carbonyl (C=O) groups excluding carboxylic acids is 4. The first kappa shape index (κ1) is 40.2. The predicted molar refractivity (Wildman–Crippen MR) is 223 cm³/mol. The normalized spacial score (nSPS) is 19.2. The summed E-state index contributed by atoms with van der Waals surface area (Å²) >= 11 is 6.45. The fourth-order valence-corrected chi connectivity index (χ4v) is 9.61. The number of likely N-dealkylation sites (tertiary alicyclic amines) is 1. The highest BCUT2D eigenvalue weighted by atomic mass is 35.5. The number of hydrogen-bond acceptors (Lipinski definition) is 13. The molecule has 4 aliphatic heterocycles. The van der Waals surface area contributed by atoms with Gasteiger partial charge in [-0.3, -0.25) is 29.4 Å². The van der Waals surface area contributed by atoms with Crippen LogP contribution in [0.4, 0.5) is 28.8 Å². The van der Waals surface area contributed by atoms with Gasteiger partial charge in [0.15, 0.2) is 15.7 Å². The number of imide groups is 2. The molecule has 4 aromatic rings. The quantitative estimate of drug-likeness (QED) is 0.152. The minimum atomic E-state index is -3.57. The summed E-state index contributed by atoms with van der Waals surface area (Å²) in [5.74, 6) is -0.0280. The number of rotatable bonds is 12. The number of methoxy groups -OCH3 is 1. The second-order valence-corrected chi connectivity index (χ2v) is 18.6. The Bertz CT molecular complexity index is 2450. The molecule has 59 heavy (non-hydrogen) atoms. The van der Waals surface area contributed by atoms with Gasteiger partial charge in [0.2, 0.25) is 17.8 Å². The molecule has 0 aliphatic carbocycles. The summed E-state index contributed by atoms with van der Waals surface area (Å²) in [6.45, 7) is 7.85. The lowest BCUT2D eigenvalue weighted by Gasteiger charge is -2.44. The molecule has 0 radical (unpaired) electrons. The van der Waals surface area contributed by atoms with E-state index in [1.165, 1.54) is 11.8 Å².